The van der Waals surface area contributed by atoms with Crippen LogP contribution in [0.15, 0.2) is 35.7 Å². The van der Waals surface area contributed by atoms with E-state index in [0.29, 0.717) is 5.02 Å². The first-order valence-corrected chi connectivity index (χ1v) is 9.08. The van der Waals surface area contributed by atoms with Gasteiger partial charge in [0.05, 0.1) is 12.2 Å². The Labute approximate surface area is 149 Å². The maximum atomic E-state index is 13.6. The summed E-state index contributed by atoms with van der Waals surface area (Å²) >= 11 is 7.60. The Hall–Kier alpha value is -1.47. The van der Waals surface area contributed by atoms with Gasteiger partial charge in [0, 0.05) is 42.6 Å². The topological polar surface area (TPSA) is 35.6 Å². The number of piperazine rings is 1. The molecule has 1 aromatic carbocycles. The number of hydrogen-bond acceptors (Lipinski definition) is 4. The van der Waals surface area contributed by atoms with E-state index < -0.39 is 5.82 Å². The Kier molecular flexibility index (Phi) is 5.84. The molecule has 1 aliphatic heterocycles. The molecule has 1 aromatic heterocycles. The highest BCUT2D eigenvalue weighted by atomic mass is 35.5. The van der Waals surface area contributed by atoms with Crippen LogP contribution in [0.25, 0.3) is 0 Å². The first-order chi connectivity index (χ1) is 11.6. The van der Waals surface area contributed by atoms with Crippen LogP contribution in [-0.2, 0) is 11.3 Å². The van der Waals surface area contributed by atoms with Gasteiger partial charge in [-0.3, -0.25) is 14.6 Å². The molecule has 0 radical (unpaired) electrons. The van der Waals surface area contributed by atoms with Gasteiger partial charge in [0.2, 0.25) is 5.91 Å². The summed E-state index contributed by atoms with van der Waals surface area (Å²) in [5, 5.41) is 5.08. The Morgan fingerprint density at radius 2 is 1.96 bits per heavy atom. The third-order valence-corrected chi connectivity index (χ3v) is 5.09. The molecular formula is C17H19ClFN3OS. The van der Waals surface area contributed by atoms with Gasteiger partial charge in [0.1, 0.15) is 5.82 Å². The fraction of sp³-hybridized carbons (Fsp3) is 0.353. The standard InChI is InChI=1S/C17H19ClFN3OS/c18-13-3-4-15(19)16(10-13)20-17(23)12-22-7-5-21(6-8-22)11-14-2-1-9-24-14/h1-4,9-10H,5-8,11-12H2,(H,20,23). The number of carbonyl (C=O) groups is 1. The number of thiophene rings is 1. The maximum Gasteiger partial charge on any atom is 0.238 e. The van der Waals surface area contributed by atoms with Gasteiger partial charge < -0.3 is 5.32 Å². The van der Waals surface area contributed by atoms with Crippen LogP contribution < -0.4 is 5.32 Å². The number of benzene rings is 1. The first-order valence-electron chi connectivity index (χ1n) is 7.82. The molecule has 4 nitrogen and oxygen atoms in total. The van der Waals surface area contributed by atoms with Gasteiger partial charge in [-0.1, -0.05) is 17.7 Å². The molecule has 0 aliphatic carbocycles. The molecule has 24 heavy (non-hydrogen) atoms. The van der Waals surface area contributed by atoms with Crippen molar-refractivity contribution in [3.05, 3.63) is 51.4 Å². The van der Waals surface area contributed by atoms with Gasteiger partial charge in [-0.25, -0.2) is 4.39 Å². The smallest absolute Gasteiger partial charge is 0.238 e. The van der Waals surface area contributed by atoms with E-state index in [1.54, 1.807) is 11.3 Å². The highest BCUT2D eigenvalue weighted by Crippen LogP contribution is 2.19. The van der Waals surface area contributed by atoms with E-state index in [-0.39, 0.29) is 18.1 Å². The number of nitrogens with one attached hydrogen (secondary N) is 1. The molecule has 128 valence electrons. The number of nitrogens with zero attached hydrogens (tertiary/aromatic N) is 2. The van der Waals surface area contributed by atoms with E-state index in [0.717, 1.165) is 32.7 Å². The van der Waals surface area contributed by atoms with Crippen LogP contribution in [0.2, 0.25) is 5.02 Å². The molecule has 0 atom stereocenters. The molecule has 1 fully saturated rings. The molecule has 0 unspecified atom stereocenters. The normalized spacial score (nSPS) is 16.2. The molecule has 0 bridgehead atoms. The Balaban J connectivity index is 1.45. The first kappa shape index (κ1) is 17.4. The van der Waals surface area contributed by atoms with Crippen molar-refractivity contribution in [1.82, 2.24) is 9.80 Å². The zero-order valence-corrected chi connectivity index (χ0v) is 14.7. The third kappa shape index (κ3) is 4.77. The van der Waals surface area contributed by atoms with Gasteiger partial charge in [0.15, 0.2) is 0 Å². The van der Waals surface area contributed by atoms with Crippen LogP contribution >= 0.6 is 22.9 Å². The SMILES string of the molecule is O=C(CN1CCN(Cc2cccs2)CC1)Nc1cc(Cl)ccc1F. The monoisotopic (exact) mass is 367 g/mol. The predicted octanol–water partition coefficient (Wildman–Crippen LogP) is 3.30. The highest BCUT2D eigenvalue weighted by molar-refractivity contribution is 7.09. The number of rotatable bonds is 5. The second kappa shape index (κ2) is 8.07. The van der Waals surface area contributed by atoms with E-state index in [1.807, 2.05) is 0 Å². The minimum absolute atomic E-state index is 0.129. The van der Waals surface area contributed by atoms with E-state index in [4.69, 9.17) is 11.6 Å². The number of carbonyl (C=O) groups excluding carboxylic acids is 1. The third-order valence-electron chi connectivity index (χ3n) is 3.99. The molecule has 2 heterocycles. The molecule has 1 amide bonds. The zero-order valence-electron chi connectivity index (χ0n) is 13.2. The van der Waals surface area contributed by atoms with Crippen molar-refractivity contribution >= 4 is 34.5 Å². The Bertz CT molecular complexity index is 687. The number of hydrogen-bond donors (Lipinski definition) is 1. The summed E-state index contributed by atoms with van der Waals surface area (Å²) in [5.74, 6) is -0.698. The Morgan fingerprint density at radius 3 is 2.67 bits per heavy atom. The second-order valence-electron chi connectivity index (χ2n) is 5.80. The molecular weight excluding hydrogens is 349 g/mol. The maximum absolute atomic E-state index is 13.6. The molecule has 2 aromatic rings. The van der Waals surface area contributed by atoms with Crippen LogP contribution in [0, 0.1) is 5.82 Å². The van der Waals surface area contributed by atoms with Crippen molar-refractivity contribution in [1.29, 1.82) is 0 Å². The lowest BCUT2D eigenvalue weighted by molar-refractivity contribution is -0.117. The van der Waals surface area contributed by atoms with E-state index in [2.05, 4.69) is 32.6 Å². The molecule has 1 saturated heterocycles. The summed E-state index contributed by atoms with van der Waals surface area (Å²) in [4.78, 5) is 17.9. The zero-order chi connectivity index (χ0) is 16.9. The summed E-state index contributed by atoms with van der Waals surface area (Å²) in [5.41, 5.74) is 0.129. The van der Waals surface area contributed by atoms with Crippen LogP contribution in [0.1, 0.15) is 4.88 Å². The summed E-state index contributed by atoms with van der Waals surface area (Å²) in [6, 6.07) is 8.34. The average molecular weight is 368 g/mol. The van der Waals surface area contributed by atoms with Crippen molar-refractivity contribution < 1.29 is 9.18 Å². The van der Waals surface area contributed by atoms with Gasteiger partial charge in [-0.15, -0.1) is 11.3 Å². The molecule has 0 saturated carbocycles. The summed E-state index contributed by atoms with van der Waals surface area (Å²) < 4.78 is 13.6. The molecule has 3 rings (SSSR count). The fourth-order valence-electron chi connectivity index (χ4n) is 2.71. The molecule has 7 heteroatoms. The molecule has 1 N–H and O–H groups in total. The minimum Gasteiger partial charge on any atom is -0.322 e. The van der Waals surface area contributed by atoms with Gasteiger partial charge in [-0.2, -0.15) is 0 Å². The van der Waals surface area contributed by atoms with Crippen LogP contribution in [-0.4, -0.2) is 48.4 Å². The molecule has 1 aliphatic rings. The van der Waals surface area contributed by atoms with Crippen molar-refractivity contribution in [2.24, 2.45) is 0 Å². The minimum atomic E-state index is -0.478. The van der Waals surface area contributed by atoms with E-state index in [1.165, 1.54) is 23.1 Å². The van der Waals surface area contributed by atoms with Crippen molar-refractivity contribution in [3.63, 3.8) is 0 Å². The number of amides is 1. The summed E-state index contributed by atoms with van der Waals surface area (Å²) in [6.07, 6.45) is 0. The van der Waals surface area contributed by atoms with E-state index in [9.17, 15) is 9.18 Å². The lowest BCUT2D eigenvalue weighted by atomic mass is 10.2. The largest absolute Gasteiger partial charge is 0.322 e. The highest BCUT2D eigenvalue weighted by Gasteiger charge is 2.19. The summed E-state index contributed by atoms with van der Waals surface area (Å²) in [6.45, 7) is 4.74. The fourth-order valence-corrected chi connectivity index (χ4v) is 3.63. The lowest BCUT2D eigenvalue weighted by Gasteiger charge is -2.34. The predicted molar refractivity (Wildman–Crippen MR) is 96.1 cm³/mol. The van der Waals surface area contributed by atoms with Crippen molar-refractivity contribution in [2.75, 3.05) is 38.0 Å². The van der Waals surface area contributed by atoms with E-state index >= 15 is 0 Å². The Morgan fingerprint density at radius 1 is 1.21 bits per heavy atom. The lowest BCUT2D eigenvalue weighted by Crippen LogP contribution is -2.48. The average Bonchev–Trinajstić information content (AvgIpc) is 3.06. The number of halogens is 2. The van der Waals surface area contributed by atoms with Crippen LogP contribution in [0.4, 0.5) is 10.1 Å². The quantitative estimate of drug-likeness (QED) is 0.880. The van der Waals surface area contributed by atoms with Crippen molar-refractivity contribution in [2.45, 2.75) is 6.54 Å². The summed E-state index contributed by atoms with van der Waals surface area (Å²) in [7, 11) is 0. The van der Waals surface area contributed by atoms with Gasteiger partial charge in [-0.05, 0) is 29.6 Å². The van der Waals surface area contributed by atoms with Crippen molar-refractivity contribution in [3.8, 4) is 0 Å². The van der Waals surface area contributed by atoms with Crippen LogP contribution in [0.5, 0.6) is 0 Å². The molecule has 0 spiro atoms. The second-order valence-corrected chi connectivity index (χ2v) is 7.27. The van der Waals surface area contributed by atoms with Gasteiger partial charge in [0.25, 0.3) is 0 Å². The van der Waals surface area contributed by atoms with Crippen LogP contribution in [0.3, 0.4) is 0 Å². The number of anilines is 1. The van der Waals surface area contributed by atoms with Gasteiger partial charge >= 0.3 is 0 Å².